The van der Waals surface area contributed by atoms with Gasteiger partial charge in [0.2, 0.25) is 5.91 Å². The molecule has 2 aromatic carbocycles. The molecule has 31 heavy (non-hydrogen) atoms. The van der Waals surface area contributed by atoms with Crippen molar-refractivity contribution < 1.29 is 9.53 Å². The number of fused-ring (bicyclic) bond motifs is 1. The molecule has 166 valence electrons. The molecule has 1 atom stereocenters. The maximum absolute atomic E-state index is 12.3. The van der Waals surface area contributed by atoms with E-state index in [1.54, 1.807) is 13.3 Å². The third-order valence-corrected chi connectivity index (χ3v) is 6.10. The lowest BCUT2D eigenvalue weighted by molar-refractivity contribution is -0.120. The minimum atomic E-state index is -0.141. The number of hydrogen-bond acceptors (Lipinski definition) is 4. The molecule has 0 unspecified atom stereocenters. The molecule has 1 N–H and O–H groups in total. The predicted octanol–water partition coefficient (Wildman–Crippen LogP) is 5.20. The number of carbonyl (C=O) groups is 1. The molecule has 0 radical (unpaired) electrons. The number of aryl methyl sites for hydroxylation is 1. The van der Waals surface area contributed by atoms with Crippen LogP contribution in [-0.2, 0) is 11.2 Å². The number of benzene rings is 2. The molecular formula is C26H35N3O2. The molecule has 0 fully saturated rings. The summed E-state index contributed by atoms with van der Waals surface area (Å²) < 4.78 is 5.15. The summed E-state index contributed by atoms with van der Waals surface area (Å²) in [5.41, 5.74) is 8.56. The Kier molecular flexibility index (Phi) is 6.73. The molecule has 0 bridgehead atoms. The summed E-state index contributed by atoms with van der Waals surface area (Å²) in [5.74, 6) is 1.11. The third kappa shape index (κ3) is 5.09. The fraction of sp³-hybridized carbons (Fsp3) is 0.462. The van der Waals surface area contributed by atoms with Crippen LogP contribution in [0.15, 0.2) is 41.5 Å². The molecule has 1 aliphatic heterocycles. The summed E-state index contributed by atoms with van der Waals surface area (Å²) in [5, 5.41) is 4.23. The van der Waals surface area contributed by atoms with Gasteiger partial charge in [-0.25, -0.2) is 5.43 Å². The van der Waals surface area contributed by atoms with Gasteiger partial charge in [0, 0.05) is 17.3 Å². The van der Waals surface area contributed by atoms with Gasteiger partial charge in [0.05, 0.1) is 19.7 Å². The average molecular weight is 422 g/mol. The van der Waals surface area contributed by atoms with Crippen LogP contribution in [-0.4, -0.2) is 30.8 Å². The van der Waals surface area contributed by atoms with Crippen LogP contribution in [0.3, 0.4) is 0 Å². The van der Waals surface area contributed by atoms with E-state index < -0.39 is 0 Å². The highest BCUT2D eigenvalue weighted by Gasteiger charge is 2.37. The van der Waals surface area contributed by atoms with Crippen molar-refractivity contribution in [3.63, 3.8) is 0 Å². The van der Waals surface area contributed by atoms with Gasteiger partial charge in [-0.3, -0.25) is 4.79 Å². The Hall–Kier alpha value is -2.82. The number of nitrogens with one attached hydrogen (secondary N) is 1. The molecule has 3 rings (SSSR count). The molecule has 1 amide bonds. The quantitative estimate of drug-likeness (QED) is 0.515. The van der Waals surface area contributed by atoms with E-state index in [1.807, 2.05) is 24.3 Å². The van der Waals surface area contributed by atoms with E-state index in [-0.39, 0.29) is 17.9 Å². The number of rotatable bonds is 6. The van der Waals surface area contributed by atoms with Gasteiger partial charge in [-0.15, -0.1) is 0 Å². The lowest BCUT2D eigenvalue weighted by Crippen LogP contribution is -2.51. The molecule has 1 heterocycles. The van der Waals surface area contributed by atoms with E-state index >= 15 is 0 Å². The fourth-order valence-corrected chi connectivity index (χ4v) is 4.87. The number of carbonyl (C=O) groups excluding carboxylic acids is 1. The van der Waals surface area contributed by atoms with Crippen LogP contribution in [0.2, 0.25) is 0 Å². The second-order valence-electron chi connectivity index (χ2n) is 9.47. The monoisotopic (exact) mass is 421 g/mol. The molecule has 0 aliphatic carbocycles. The van der Waals surface area contributed by atoms with Gasteiger partial charge in [-0.05, 0) is 93.5 Å². The normalized spacial score (nSPS) is 17.7. The van der Waals surface area contributed by atoms with E-state index in [2.05, 4.69) is 69.1 Å². The van der Waals surface area contributed by atoms with Crippen LogP contribution >= 0.6 is 0 Å². The van der Waals surface area contributed by atoms with Gasteiger partial charge in [-0.1, -0.05) is 19.1 Å². The number of methoxy groups -OCH3 is 1. The largest absolute Gasteiger partial charge is 0.497 e. The second-order valence-corrected chi connectivity index (χ2v) is 9.47. The smallest absolute Gasteiger partial charge is 0.244 e. The molecule has 0 aromatic heterocycles. The number of hydrazone groups is 1. The Bertz CT molecular complexity index is 961. The molecule has 0 spiro atoms. The van der Waals surface area contributed by atoms with Gasteiger partial charge >= 0.3 is 0 Å². The van der Waals surface area contributed by atoms with Crippen molar-refractivity contribution in [1.82, 2.24) is 5.43 Å². The lowest BCUT2D eigenvalue weighted by atomic mass is 9.78. The van der Waals surface area contributed by atoms with Gasteiger partial charge in [0.15, 0.2) is 0 Å². The Morgan fingerprint density at radius 3 is 2.58 bits per heavy atom. The molecule has 0 saturated carbocycles. The SMILES string of the molecule is COc1ccc(CC(=O)N/N=C/c2cc3c(cc2C)N(C(C)C)C(C)(C)C[C@@H]3C)cc1. The van der Waals surface area contributed by atoms with Crippen LogP contribution in [0.25, 0.3) is 0 Å². The van der Waals surface area contributed by atoms with Crippen LogP contribution < -0.4 is 15.1 Å². The van der Waals surface area contributed by atoms with E-state index in [9.17, 15) is 4.79 Å². The maximum atomic E-state index is 12.3. The Morgan fingerprint density at radius 2 is 1.97 bits per heavy atom. The Balaban J connectivity index is 1.74. The highest BCUT2D eigenvalue weighted by Crippen LogP contribution is 2.45. The van der Waals surface area contributed by atoms with Gasteiger partial charge < -0.3 is 9.64 Å². The minimum Gasteiger partial charge on any atom is -0.497 e. The fourth-order valence-electron chi connectivity index (χ4n) is 4.87. The van der Waals surface area contributed by atoms with Crippen molar-refractivity contribution in [3.05, 3.63) is 58.7 Å². The van der Waals surface area contributed by atoms with E-state index in [1.165, 1.54) is 11.3 Å². The zero-order chi connectivity index (χ0) is 22.8. The zero-order valence-electron chi connectivity index (χ0n) is 19.8. The first-order chi connectivity index (χ1) is 14.6. The topological polar surface area (TPSA) is 53.9 Å². The lowest BCUT2D eigenvalue weighted by Gasteiger charge is -2.50. The summed E-state index contributed by atoms with van der Waals surface area (Å²) in [7, 11) is 1.63. The van der Waals surface area contributed by atoms with Crippen molar-refractivity contribution in [3.8, 4) is 5.75 Å². The van der Waals surface area contributed by atoms with Gasteiger partial charge in [0.1, 0.15) is 5.75 Å². The van der Waals surface area contributed by atoms with Crippen molar-refractivity contribution in [2.45, 2.75) is 71.9 Å². The van der Waals surface area contributed by atoms with Crippen molar-refractivity contribution in [2.75, 3.05) is 12.0 Å². The van der Waals surface area contributed by atoms with Crippen molar-refractivity contribution >= 4 is 17.8 Å². The molecular weight excluding hydrogens is 386 g/mol. The zero-order valence-corrected chi connectivity index (χ0v) is 19.8. The van der Waals surface area contributed by atoms with E-state index in [4.69, 9.17) is 4.74 Å². The average Bonchev–Trinajstić information content (AvgIpc) is 2.68. The number of ether oxygens (including phenoxy) is 1. The van der Waals surface area contributed by atoms with Crippen LogP contribution in [0, 0.1) is 6.92 Å². The second kappa shape index (κ2) is 9.13. The van der Waals surface area contributed by atoms with Gasteiger partial charge in [-0.2, -0.15) is 5.10 Å². The third-order valence-electron chi connectivity index (χ3n) is 6.10. The summed E-state index contributed by atoms with van der Waals surface area (Å²) >= 11 is 0. The first-order valence-electron chi connectivity index (χ1n) is 11.0. The number of anilines is 1. The summed E-state index contributed by atoms with van der Waals surface area (Å²) in [6.07, 6.45) is 3.14. The molecule has 1 aliphatic rings. The number of nitrogens with zero attached hydrogens (tertiary/aromatic N) is 2. The highest BCUT2D eigenvalue weighted by molar-refractivity contribution is 5.86. The molecule has 0 saturated heterocycles. The first kappa shape index (κ1) is 22.9. The van der Waals surface area contributed by atoms with Crippen LogP contribution in [0.5, 0.6) is 5.75 Å². The van der Waals surface area contributed by atoms with Crippen LogP contribution in [0.4, 0.5) is 5.69 Å². The summed E-state index contributed by atoms with van der Waals surface area (Å²) in [6.45, 7) is 13.6. The molecule has 2 aromatic rings. The summed E-state index contributed by atoms with van der Waals surface area (Å²) in [6, 6.07) is 12.4. The maximum Gasteiger partial charge on any atom is 0.244 e. The van der Waals surface area contributed by atoms with Gasteiger partial charge in [0.25, 0.3) is 0 Å². The highest BCUT2D eigenvalue weighted by atomic mass is 16.5. The molecule has 5 nitrogen and oxygen atoms in total. The van der Waals surface area contributed by atoms with Crippen molar-refractivity contribution in [2.24, 2.45) is 5.10 Å². The minimum absolute atomic E-state index is 0.123. The van der Waals surface area contributed by atoms with E-state index in [0.29, 0.717) is 12.0 Å². The van der Waals surface area contributed by atoms with E-state index in [0.717, 1.165) is 28.9 Å². The van der Waals surface area contributed by atoms with Crippen molar-refractivity contribution in [1.29, 1.82) is 0 Å². The number of hydrogen-bond donors (Lipinski definition) is 1. The standard InChI is InChI=1S/C26H35N3O2/c1-17(2)29-24-12-18(3)21(14-23(24)19(4)15-26(29,5)6)16-27-28-25(30)13-20-8-10-22(31-7)11-9-20/h8-12,14,16-17,19H,13,15H2,1-7H3,(H,28,30)/b27-16+/t19-/m0/s1. The molecule has 5 heteroatoms. The Morgan fingerprint density at radius 1 is 1.29 bits per heavy atom. The predicted molar refractivity (Wildman–Crippen MR) is 128 cm³/mol. The summed E-state index contributed by atoms with van der Waals surface area (Å²) in [4.78, 5) is 14.8. The first-order valence-corrected chi connectivity index (χ1v) is 11.0. The Labute approximate surface area is 186 Å². The number of amides is 1. The van der Waals surface area contributed by atoms with Crippen LogP contribution in [0.1, 0.15) is 69.2 Å².